The molecule has 1 aliphatic rings. The number of aryl methyl sites for hydroxylation is 1. The molecule has 0 bridgehead atoms. The van der Waals surface area contributed by atoms with Crippen molar-refractivity contribution in [1.82, 2.24) is 5.32 Å². The van der Waals surface area contributed by atoms with Crippen molar-refractivity contribution in [3.8, 4) is 5.75 Å². The Hall–Kier alpha value is -1.84. The average Bonchev–Trinajstić information content (AvgIpc) is 2.57. The summed E-state index contributed by atoms with van der Waals surface area (Å²) in [7, 11) is 0. The van der Waals surface area contributed by atoms with E-state index < -0.39 is 6.10 Å². The van der Waals surface area contributed by atoms with Crippen molar-refractivity contribution >= 4 is 12.2 Å². The van der Waals surface area contributed by atoms with Crippen molar-refractivity contribution < 1.29 is 14.3 Å². The molecule has 0 saturated carbocycles. The second kappa shape index (κ2) is 5.67. The Morgan fingerprint density at radius 2 is 2.22 bits per heavy atom. The second-order valence-electron chi connectivity index (χ2n) is 4.55. The van der Waals surface area contributed by atoms with Gasteiger partial charge in [0, 0.05) is 6.54 Å². The van der Waals surface area contributed by atoms with Crippen LogP contribution in [0.5, 0.6) is 5.75 Å². The van der Waals surface area contributed by atoms with E-state index in [4.69, 9.17) is 4.74 Å². The quantitative estimate of drug-likeness (QED) is 0.829. The van der Waals surface area contributed by atoms with E-state index in [0.717, 1.165) is 24.7 Å². The zero-order valence-corrected chi connectivity index (χ0v) is 10.4. The molecule has 4 nitrogen and oxygen atoms in total. The number of nitrogens with one attached hydrogen (secondary N) is 1. The van der Waals surface area contributed by atoms with Crippen molar-refractivity contribution in [2.75, 3.05) is 6.54 Å². The molecule has 1 amide bonds. The highest BCUT2D eigenvalue weighted by atomic mass is 16.5. The SMILES string of the molecule is Cc1ccc(OC2CCCCNC2=O)c(C=O)c1. The van der Waals surface area contributed by atoms with Crippen molar-refractivity contribution in [3.05, 3.63) is 29.3 Å². The summed E-state index contributed by atoms with van der Waals surface area (Å²) in [4.78, 5) is 22.8. The highest BCUT2D eigenvalue weighted by Gasteiger charge is 2.23. The van der Waals surface area contributed by atoms with Crippen LogP contribution in [0, 0.1) is 6.92 Å². The summed E-state index contributed by atoms with van der Waals surface area (Å²) in [5.74, 6) is 0.391. The number of carbonyl (C=O) groups excluding carboxylic acids is 2. The molecule has 96 valence electrons. The van der Waals surface area contributed by atoms with Gasteiger partial charge in [-0.15, -0.1) is 0 Å². The van der Waals surface area contributed by atoms with E-state index in [-0.39, 0.29) is 5.91 Å². The van der Waals surface area contributed by atoms with Crippen LogP contribution >= 0.6 is 0 Å². The van der Waals surface area contributed by atoms with Crippen LogP contribution in [-0.2, 0) is 4.79 Å². The van der Waals surface area contributed by atoms with Crippen LogP contribution in [0.15, 0.2) is 18.2 Å². The standard InChI is InChI=1S/C14H17NO3/c1-10-5-6-12(11(8-10)9-16)18-13-4-2-3-7-15-14(13)17/h5-6,8-9,13H,2-4,7H2,1H3,(H,15,17). The van der Waals surface area contributed by atoms with Gasteiger partial charge in [0.1, 0.15) is 5.75 Å². The Bertz CT molecular complexity index is 456. The third kappa shape index (κ3) is 2.88. The van der Waals surface area contributed by atoms with E-state index in [1.165, 1.54) is 0 Å². The van der Waals surface area contributed by atoms with Gasteiger partial charge in [-0.2, -0.15) is 0 Å². The Morgan fingerprint density at radius 3 is 3.00 bits per heavy atom. The van der Waals surface area contributed by atoms with Crippen LogP contribution in [0.4, 0.5) is 0 Å². The second-order valence-corrected chi connectivity index (χ2v) is 4.55. The van der Waals surface area contributed by atoms with Gasteiger partial charge in [0.2, 0.25) is 0 Å². The van der Waals surface area contributed by atoms with Gasteiger partial charge >= 0.3 is 0 Å². The van der Waals surface area contributed by atoms with Gasteiger partial charge in [-0.25, -0.2) is 0 Å². The predicted octanol–water partition coefficient (Wildman–Crippen LogP) is 1.86. The van der Waals surface area contributed by atoms with E-state index in [2.05, 4.69) is 5.32 Å². The number of benzene rings is 1. The largest absolute Gasteiger partial charge is 0.480 e. The molecule has 1 saturated heterocycles. The number of aldehydes is 1. The minimum atomic E-state index is -0.492. The molecule has 1 aromatic carbocycles. The Balaban J connectivity index is 2.17. The van der Waals surface area contributed by atoms with Crippen LogP contribution in [0.3, 0.4) is 0 Å². The lowest BCUT2D eigenvalue weighted by atomic mass is 10.1. The maximum absolute atomic E-state index is 11.8. The van der Waals surface area contributed by atoms with Gasteiger partial charge in [0.15, 0.2) is 12.4 Å². The molecule has 0 radical (unpaired) electrons. The minimum Gasteiger partial charge on any atom is -0.480 e. The number of ether oxygens (including phenoxy) is 1. The third-order valence-corrected chi connectivity index (χ3v) is 3.05. The summed E-state index contributed by atoms with van der Waals surface area (Å²) < 4.78 is 5.68. The Morgan fingerprint density at radius 1 is 1.39 bits per heavy atom. The molecule has 2 rings (SSSR count). The van der Waals surface area contributed by atoms with Crippen LogP contribution in [-0.4, -0.2) is 24.8 Å². The zero-order valence-electron chi connectivity index (χ0n) is 10.4. The Kier molecular flexibility index (Phi) is 3.97. The lowest BCUT2D eigenvalue weighted by molar-refractivity contribution is -0.127. The van der Waals surface area contributed by atoms with Crippen LogP contribution in [0.1, 0.15) is 35.2 Å². The van der Waals surface area contributed by atoms with Crippen molar-refractivity contribution in [3.63, 3.8) is 0 Å². The smallest absolute Gasteiger partial charge is 0.261 e. The number of rotatable bonds is 3. The normalized spacial score (nSPS) is 19.8. The van der Waals surface area contributed by atoms with E-state index in [1.807, 2.05) is 13.0 Å². The van der Waals surface area contributed by atoms with Gasteiger partial charge in [0.05, 0.1) is 5.56 Å². The molecule has 1 fully saturated rings. The molecule has 1 N–H and O–H groups in total. The monoisotopic (exact) mass is 247 g/mol. The fourth-order valence-corrected chi connectivity index (χ4v) is 2.04. The Labute approximate surface area is 106 Å². The molecule has 4 heteroatoms. The van der Waals surface area contributed by atoms with Crippen molar-refractivity contribution in [2.24, 2.45) is 0 Å². The van der Waals surface area contributed by atoms with Gasteiger partial charge in [-0.3, -0.25) is 9.59 Å². The first kappa shape index (κ1) is 12.6. The van der Waals surface area contributed by atoms with E-state index in [9.17, 15) is 9.59 Å². The molecular weight excluding hydrogens is 230 g/mol. The van der Waals surface area contributed by atoms with Gasteiger partial charge in [0.25, 0.3) is 5.91 Å². The van der Waals surface area contributed by atoms with Crippen LogP contribution in [0.25, 0.3) is 0 Å². The highest BCUT2D eigenvalue weighted by Crippen LogP contribution is 2.21. The molecule has 18 heavy (non-hydrogen) atoms. The zero-order chi connectivity index (χ0) is 13.0. The lowest BCUT2D eigenvalue weighted by Gasteiger charge is -2.17. The number of hydrogen-bond donors (Lipinski definition) is 1. The number of hydrogen-bond acceptors (Lipinski definition) is 3. The fraction of sp³-hybridized carbons (Fsp3) is 0.429. The first-order chi connectivity index (χ1) is 8.70. The number of carbonyl (C=O) groups is 2. The topological polar surface area (TPSA) is 55.4 Å². The fourth-order valence-electron chi connectivity index (χ4n) is 2.04. The molecule has 1 heterocycles. The predicted molar refractivity (Wildman–Crippen MR) is 67.8 cm³/mol. The summed E-state index contributed by atoms with van der Waals surface area (Å²) in [6.07, 6.45) is 2.88. The van der Waals surface area contributed by atoms with E-state index in [1.54, 1.807) is 12.1 Å². The molecule has 0 aromatic heterocycles. The summed E-state index contributed by atoms with van der Waals surface area (Å²) in [5, 5.41) is 2.81. The summed E-state index contributed by atoms with van der Waals surface area (Å²) in [5.41, 5.74) is 1.49. The van der Waals surface area contributed by atoms with E-state index >= 15 is 0 Å². The van der Waals surface area contributed by atoms with Crippen molar-refractivity contribution in [1.29, 1.82) is 0 Å². The minimum absolute atomic E-state index is 0.0927. The van der Waals surface area contributed by atoms with Crippen LogP contribution < -0.4 is 10.1 Å². The number of amides is 1. The third-order valence-electron chi connectivity index (χ3n) is 3.05. The first-order valence-electron chi connectivity index (χ1n) is 6.21. The average molecular weight is 247 g/mol. The van der Waals surface area contributed by atoms with Gasteiger partial charge < -0.3 is 10.1 Å². The highest BCUT2D eigenvalue weighted by molar-refractivity contribution is 5.83. The summed E-state index contributed by atoms with van der Waals surface area (Å²) in [6.45, 7) is 2.61. The first-order valence-corrected chi connectivity index (χ1v) is 6.21. The van der Waals surface area contributed by atoms with Crippen LogP contribution in [0.2, 0.25) is 0 Å². The molecule has 1 aromatic rings. The summed E-state index contributed by atoms with van der Waals surface area (Å²) in [6, 6.07) is 5.38. The summed E-state index contributed by atoms with van der Waals surface area (Å²) >= 11 is 0. The molecular formula is C14H17NO3. The van der Waals surface area contributed by atoms with Gasteiger partial charge in [-0.1, -0.05) is 11.6 Å². The van der Waals surface area contributed by atoms with Crippen molar-refractivity contribution in [2.45, 2.75) is 32.3 Å². The molecule has 1 aliphatic heterocycles. The molecule has 1 unspecified atom stereocenters. The van der Waals surface area contributed by atoms with Gasteiger partial charge in [-0.05, 0) is 38.3 Å². The van der Waals surface area contributed by atoms with E-state index in [0.29, 0.717) is 24.3 Å². The molecule has 0 spiro atoms. The maximum Gasteiger partial charge on any atom is 0.261 e. The molecule has 0 aliphatic carbocycles. The lowest BCUT2D eigenvalue weighted by Crippen LogP contribution is -2.36. The maximum atomic E-state index is 11.8. The molecule has 1 atom stereocenters.